The van der Waals surface area contributed by atoms with Gasteiger partial charge in [-0.3, -0.25) is 0 Å². The van der Waals surface area contributed by atoms with Gasteiger partial charge in [0.2, 0.25) is 0 Å². The Hall–Kier alpha value is -2.51. The zero-order valence-corrected chi connectivity index (χ0v) is 20.4. The monoisotopic (exact) mass is 446 g/mol. The third kappa shape index (κ3) is 6.50. The lowest BCUT2D eigenvalue weighted by atomic mass is 9.97. The molecule has 0 aromatic carbocycles. The summed E-state index contributed by atoms with van der Waals surface area (Å²) in [7, 11) is 0. The number of carbonyl (C=O) groups excluding carboxylic acids is 2. The van der Waals surface area contributed by atoms with Gasteiger partial charge in [0.1, 0.15) is 17.0 Å². The lowest BCUT2D eigenvalue weighted by Crippen LogP contribution is -2.50. The van der Waals surface area contributed by atoms with Crippen LogP contribution in [0.1, 0.15) is 72.4 Å². The van der Waals surface area contributed by atoms with Crippen molar-refractivity contribution in [2.24, 2.45) is 0 Å². The SMILES string of the molecule is CC(C)(C)OC(=O)N1CCN(c2ccc([C@@H]3CCCCN3C(=O)OC(C)(C)C)cn2)CC1. The summed E-state index contributed by atoms with van der Waals surface area (Å²) < 4.78 is 11.1. The normalized spacial score (nSPS) is 20.2. The predicted octanol–water partition coefficient (Wildman–Crippen LogP) is 4.60. The van der Waals surface area contributed by atoms with Gasteiger partial charge in [-0.05, 0) is 72.4 Å². The maximum absolute atomic E-state index is 12.7. The summed E-state index contributed by atoms with van der Waals surface area (Å²) in [6.45, 7) is 14.6. The van der Waals surface area contributed by atoms with Crippen LogP contribution in [0, 0.1) is 0 Å². The molecule has 2 saturated heterocycles. The van der Waals surface area contributed by atoms with Crippen molar-refractivity contribution in [2.75, 3.05) is 37.6 Å². The van der Waals surface area contributed by atoms with E-state index in [9.17, 15) is 9.59 Å². The van der Waals surface area contributed by atoms with Gasteiger partial charge >= 0.3 is 12.2 Å². The number of amides is 2. The van der Waals surface area contributed by atoms with Crippen LogP contribution in [0.15, 0.2) is 18.3 Å². The topological polar surface area (TPSA) is 75.2 Å². The van der Waals surface area contributed by atoms with Crippen molar-refractivity contribution in [1.29, 1.82) is 0 Å². The van der Waals surface area contributed by atoms with Gasteiger partial charge in [-0.25, -0.2) is 14.6 Å². The van der Waals surface area contributed by atoms with Crippen LogP contribution < -0.4 is 4.90 Å². The molecule has 1 aromatic rings. The maximum Gasteiger partial charge on any atom is 0.410 e. The predicted molar refractivity (Wildman–Crippen MR) is 124 cm³/mol. The third-order valence-electron chi connectivity index (χ3n) is 5.54. The standard InChI is InChI=1S/C24H38N4O4/c1-23(2,3)31-21(29)27-15-13-26(14-16-27)20-11-10-18(17-25-20)19-9-7-8-12-28(19)22(30)32-24(4,5)6/h10-11,17,19H,7-9,12-16H2,1-6H3/t19-/m0/s1. The second kappa shape index (κ2) is 9.55. The van der Waals surface area contributed by atoms with Gasteiger partial charge in [0, 0.05) is 38.9 Å². The van der Waals surface area contributed by atoms with E-state index in [1.807, 2.05) is 58.7 Å². The van der Waals surface area contributed by atoms with Crippen LogP contribution in [0.3, 0.4) is 0 Å². The van der Waals surface area contributed by atoms with E-state index < -0.39 is 11.2 Å². The van der Waals surface area contributed by atoms with Crippen molar-refractivity contribution in [3.05, 3.63) is 23.9 Å². The number of hydrogen-bond acceptors (Lipinski definition) is 6. The number of piperazine rings is 1. The number of pyridine rings is 1. The number of rotatable bonds is 2. The molecule has 0 saturated carbocycles. The molecule has 3 heterocycles. The van der Waals surface area contributed by atoms with E-state index in [4.69, 9.17) is 9.47 Å². The summed E-state index contributed by atoms with van der Waals surface area (Å²) in [6.07, 6.45) is 4.34. The molecule has 3 rings (SSSR count). The molecule has 8 nitrogen and oxygen atoms in total. The van der Waals surface area contributed by atoms with Crippen LogP contribution in [-0.4, -0.2) is 70.9 Å². The largest absolute Gasteiger partial charge is 0.444 e. The molecule has 0 spiro atoms. The van der Waals surface area contributed by atoms with Crippen LogP contribution in [-0.2, 0) is 9.47 Å². The van der Waals surface area contributed by atoms with Gasteiger partial charge in [0.25, 0.3) is 0 Å². The molecule has 2 amide bonds. The average Bonchev–Trinajstić information content (AvgIpc) is 2.71. The minimum absolute atomic E-state index is 0.0100. The first kappa shape index (κ1) is 24.1. The fraction of sp³-hybridized carbons (Fsp3) is 0.708. The van der Waals surface area contributed by atoms with Gasteiger partial charge < -0.3 is 24.2 Å². The van der Waals surface area contributed by atoms with E-state index >= 15 is 0 Å². The highest BCUT2D eigenvalue weighted by atomic mass is 16.6. The Bertz CT molecular complexity index is 790. The minimum atomic E-state index is -0.511. The van der Waals surface area contributed by atoms with E-state index in [1.54, 1.807) is 4.90 Å². The number of likely N-dealkylation sites (tertiary alicyclic amines) is 1. The van der Waals surface area contributed by atoms with Gasteiger partial charge in [0.05, 0.1) is 6.04 Å². The number of anilines is 1. The first-order chi connectivity index (χ1) is 14.9. The molecule has 0 bridgehead atoms. The van der Waals surface area contributed by atoms with E-state index in [0.29, 0.717) is 32.7 Å². The van der Waals surface area contributed by atoms with Crippen molar-refractivity contribution in [3.63, 3.8) is 0 Å². The van der Waals surface area contributed by atoms with E-state index in [0.717, 1.165) is 30.6 Å². The van der Waals surface area contributed by atoms with Crippen molar-refractivity contribution < 1.29 is 19.1 Å². The minimum Gasteiger partial charge on any atom is -0.444 e. The molecule has 0 N–H and O–H groups in total. The Balaban J connectivity index is 1.61. The quantitative estimate of drug-likeness (QED) is 0.661. The Kier molecular flexibility index (Phi) is 7.20. The highest BCUT2D eigenvalue weighted by Crippen LogP contribution is 2.32. The molecule has 2 aliphatic heterocycles. The zero-order chi connectivity index (χ0) is 23.5. The fourth-order valence-corrected chi connectivity index (χ4v) is 4.04. The summed E-state index contributed by atoms with van der Waals surface area (Å²) in [5, 5.41) is 0. The van der Waals surface area contributed by atoms with Crippen LogP contribution in [0.2, 0.25) is 0 Å². The lowest BCUT2D eigenvalue weighted by molar-refractivity contribution is 0.00939. The Labute approximate surface area is 191 Å². The molecule has 0 aliphatic carbocycles. The first-order valence-electron chi connectivity index (χ1n) is 11.6. The molecule has 1 aromatic heterocycles. The molecule has 0 radical (unpaired) electrons. The van der Waals surface area contributed by atoms with Crippen LogP contribution in [0.5, 0.6) is 0 Å². The molecule has 2 fully saturated rings. The number of nitrogens with zero attached hydrogens (tertiary/aromatic N) is 4. The second-order valence-electron chi connectivity index (χ2n) is 10.6. The van der Waals surface area contributed by atoms with Crippen LogP contribution in [0.4, 0.5) is 15.4 Å². The molecule has 32 heavy (non-hydrogen) atoms. The van der Waals surface area contributed by atoms with Crippen molar-refractivity contribution in [1.82, 2.24) is 14.8 Å². The Morgan fingerprint density at radius 1 is 0.875 bits per heavy atom. The van der Waals surface area contributed by atoms with Crippen LogP contribution in [0.25, 0.3) is 0 Å². The summed E-state index contributed by atoms with van der Waals surface area (Å²) in [5.41, 5.74) is 0.0345. The molecule has 0 unspecified atom stereocenters. The first-order valence-corrected chi connectivity index (χ1v) is 11.6. The van der Waals surface area contributed by atoms with E-state index in [2.05, 4.69) is 16.0 Å². The van der Waals surface area contributed by atoms with E-state index in [-0.39, 0.29) is 18.2 Å². The summed E-state index contributed by atoms with van der Waals surface area (Å²) >= 11 is 0. The number of carbonyl (C=O) groups is 2. The second-order valence-corrected chi connectivity index (χ2v) is 10.6. The molecule has 1 atom stereocenters. The third-order valence-corrected chi connectivity index (χ3v) is 5.54. The van der Waals surface area contributed by atoms with Gasteiger partial charge in [-0.2, -0.15) is 0 Å². The molecule has 178 valence electrons. The number of ether oxygens (including phenoxy) is 2. The number of piperidine rings is 1. The summed E-state index contributed by atoms with van der Waals surface area (Å²) in [5.74, 6) is 0.886. The highest BCUT2D eigenvalue weighted by molar-refractivity contribution is 5.69. The Morgan fingerprint density at radius 2 is 1.50 bits per heavy atom. The number of hydrogen-bond donors (Lipinski definition) is 0. The summed E-state index contributed by atoms with van der Waals surface area (Å²) in [4.78, 5) is 35.4. The maximum atomic E-state index is 12.7. The summed E-state index contributed by atoms with van der Waals surface area (Å²) in [6, 6.07) is 4.07. The highest BCUT2D eigenvalue weighted by Gasteiger charge is 2.32. The van der Waals surface area contributed by atoms with Gasteiger partial charge in [-0.1, -0.05) is 6.07 Å². The average molecular weight is 447 g/mol. The molecular formula is C24H38N4O4. The van der Waals surface area contributed by atoms with Crippen LogP contribution >= 0.6 is 0 Å². The number of aromatic nitrogens is 1. The zero-order valence-electron chi connectivity index (χ0n) is 20.4. The molecule has 8 heteroatoms. The van der Waals surface area contributed by atoms with Gasteiger partial charge in [-0.15, -0.1) is 0 Å². The van der Waals surface area contributed by atoms with Crippen molar-refractivity contribution in [2.45, 2.75) is 78.0 Å². The van der Waals surface area contributed by atoms with Gasteiger partial charge in [0.15, 0.2) is 0 Å². The Morgan fingerprint density at radius 3 is 2.06 bits per heavy atom. The smallest absolute Gasteiger partial charge is 0.410 e. The van der Waals surface area contributed by atoms with Crippen molar-refractivity contribution >= 4 is 18.0 Å². The van der Waals surface area contributed by atoms with Crippen molar-refractivity contribution in [3.8, 4) is 0 Å². The fourth-order valence-electron chi connectivity index (χ4n) is 4.04. The lowest BCUT2D eigenvalue weighted by Gasteiger charge is -2.37. The molecule has 2 aliphatic rings. The molecular weight excluding hydrogens is 408 g/mol. The van der Waals surface area contributed by atoms with E-state index in [1.165, 1.54) is 0 Å².